The molecule has 0 saturated heterocycles. The molecule has 27 heavy (non-hydrogen) atoms. The molecule has 0 spiro atoms. The van der Waals surface area contributed by atoms with E-state index >= 15 is 0 Å². The van der Waals surface area contributed by atoms with Crippen LogP contribution >= 0.6 is 0 Å². The van der Waals surface area contributed by atoms with Crippen LogP contribution in [-0.2, 0) is 0 Å². The quantitative estimate of drug-likeness (QED) is 0.494. The van der Waals surface area contributed by atoms with Crippen molar-refractivity contribution in [3.05, 3.63) is 95.1 Å². The Balaban J connectivity index is 1.84. The summed E-state index contributed by atoms with van der Waals surface area (Å²) in [5.74, 6) is -4.16. The first-order chi connectivity index (χ1) is 13.0. The van der Waals surface area contributed by atoms with Crippen molar-refractivity contribution in [3.63, 3.8) is 0 Å². The van der Waals surface area contributed by atoms with Gasteiger partial charge in [-0.1, -0.05) is 35.9 Å². The molecule has 0 bridgehead atoms. The highest BCUT2D eigenvalue weighted by molar-refractivity contribution is 5.93. The SMILES string of the molecule is Cc1cccc(C(=O)Oc2ccccc2OC(=O)c2c(F)cccc2F)c1. The lowest BCUT2D eigenvalue weighted by atomic mass is 10.1. The van der Waals surface area contributed by atoms with Gasteiger partial charge in [0.15, 0.2) is 11.5 Å². The summed E-state index contributed by atoms with van der Waals surface area (Å²) in [7, 11) is 0. The van der Waals surface area contributed by atoms with E-state index in [-0.39, 0.29) is 11.5 Å². The average Bonchev–Trinajstić information content (AvgIpc) is 2.63. The van der Waals surface area contributed by atoms with Gasteiger partial charge in [0.05, 0.1) is 5.56 Å². The van der Waals surface area contributed by atoms with Gasteiger partial charge in [-0.15, -0.1) is 0 Å². The summed E-state index contributed by atoms with van der Waals surface area (Å²) in [6, 6.07) is 15.7. The van der Waals surface area contributed by atoms with Crippen LogP contribution < -0.4 is 9.47 Å². The van der Waals surface area contributed by atoms with Gasteiger partial charge < -0.3 is 9.47 Å². The molecule has 0 aromatic heterocycles. The smallest absolute Gasteiger partial charge is 0.349 e. The second kappa shape index (κ2) is 7.78. The third kappa shape index (κ3) is 4.17. The normalized spacial score (nSPS) is 10.3. The maximum Gasteiger partial charge on any atom is 0.349 e. The van der Waals surface area contributed by atoms with E-state index in [0.717, 1.165) is 23.8 Å². The van der Waals surface area contributed by atoms with Crippen LogP contribution in [0.15, 0.2) is 66.7 Å². The number of carbonyl (C=O) groups is 2. The Kier molecular flexibility index (Phi) is 5.26. The van der Waals surface area contributed by atoms with Gasteiger partial charge in [-0.2, -0.15) is 0 Å². The summed E-state index contributed by atoms with van der Waals surface area (Å²) < 4.78 is 37.8. The van der Waals surface area contributed by atoms with E-state index in [9.17, 15) is 18.4 Å². The van der Waals surface area contributed by atoms with Crippen molar-refractivity contribution in [2.24, 2.45) is 0 Å². The fourth-order valence-electron chi connectivity index (χ4n) is 2.39. The van der Waals surface area contributed by atoms with E-state index in [1.165, 1.54) is 18.2 Å². The average molecular weight is 368 g/mol. The number of carbonyl (C=O) groups excluding carboxylic acids is 2. The molecule has 3 aromatic rings. The van der Waals surface area contributed by atoms with Crippen molar-refractivity contribution >= 4 is 11.9 Å². The molecule has 4 nitrogen and oxygen atoms in total. The van der Waals surface area contributed by atoms with E-state index < -0.39 is 29.1 Å². The summed E-state index contributed by atoms with van der Waals surface area (Å²) in [5.41, 5.74) is 0.368. The summed E-state index contributed by atoms with van der Waals surface area (Å²) in [6.45, 7) is 1.83. The van der Waals surface area contributed by atoms with Crippen molar-refractivity contribution in [2.75, 3.05) is 0 Å². The highest BCUT2D eigenvalue weighted by Crippen LogP contribution is 2.29. The minimum Gasteiger partial charge on any atom is -0.419 e. The number of aryl methyl sites for hydroxylation is 1. The molecular weight excluding hydrogens is 354 g/mol. The number of benzene rings is 3. The molecule has 6 heteroatoms. The lowest BCUT2D eigenvalue weighted by molar-refractivity contribution is 0.0676. The van der Waals surface area contributed by atoms with Crippen molar-refractivity contribution in [2.45, 2.75) is 6.92 Å². The van der Waals surface area contributed by atoms with Gasteiger partial charge in [-0.05, 0) is 43.3 Å². The zero-order valence-electron chi connectivity index (χ0n) is 14.2. The van der Waals surface area contributed by atoms with Crippen LogP contribution in [0.3, 0.4) is 0 Å². The Bertz CT molecular complexity index is 994. The molecule has 0 radical (unpaired) electrons. The predicted molar refractivity (Wildman–Crippen MR) is 93.9 cm³/mol. The first-order valence-electron chi connectivity index (χ1n) is 8.00. The van der Waals surface area contributed by atoms with Crippen LogP contribution in [0.2, 0.25) is 0 Å². The molecule has 0 amide bonds. The Labute approximate surface area is 154 Å². The predicted octanol–water partition coefficient (Wildman–Crippen LogP) is 4.71. The van der Waals surface area contributed by atoms with Crippen LogP contribution in [0, 0.1) is 18.6 Å². The Morgan fingerprint density at radius 2 is 1.30 bits per heavy atom. The Hall–Kier alpha value is -3.54. The van der Waals surface area contributed by atoms with Gasteiger partial charge in [0.2, 0.25) is 0 Å². The molecule has 0 aliphatic heterocycles. The van der Waals surface area contributed by atoms with Crippen LogP contribution in [0.5, 0.6) is 11.5 Å². The van der Waals surface area contributed by atoms with E-state index in [4.69, 9.17) is 9.47 Å². The third-order valence-electron chi connectivity index (χ3n) is 3.68. The van der Waals surface area contributed by atoms with E-state index in [0.29, 0.717) is 5.56 Å². The Morgan fingerprint density at radius 3 is 1.89 bits per heavy atom. The van der Waals surface area contributed by atoms with Crippen molar-refractivity contribution < 1.29 is 27.8 Å². The lowest BCUT2D eigenvalue weighted by Gasteiger charge is -2.11. The maximum absolute atomic E-state index is 13.7. The number of rotatable bonds is 4. The molecule has 0 atom stereocenters. The second-order valence-electron chi connectivity index (χ2n) is 5.69. The molecule has 0 aliphatic carbocycles. The molecule has 0 N–H and O–H groups in total. The van der Waals surface area contributed by atoms with E-state index in [2.05, 4.69) is 0 Å². The van der Waals surface area contributed by atoms with Gasteiger partial charge in [0.1, 0.15) is 17.2 Å². The van der Waals surface area contributed by atoms with Gasteiger partial charge in [0.25, 0.3) is 0 Å². The largest absolute Gasteiger partial charge is 0.419 e. The first kappa shape index (κ1) is 18.3. The van der Waals surface area contributed by atoms with Crippen LogP contribution in [0.4, 0.5) is 8.78 Å². The van der Waals surface area contributed by atoms with Gasteiger partial charge >= 0.3 is 11.9 Å². The number of hydrogen-bond donors (Lipinski definition) is 0. The zero-order chi connectivity index (χ0) is 19.4. The zero-order valence-corrected chi connectivity index (χ0v) is 14.2. The second-order valence-corrected chi connectivity index (χ2v) is 5.69. The molecule has 0 fully saturated rings. The van der Waals surface area contributed by atoms with Crippen molar-refractivity contribution in [1.29, 1.82) is 0 Å². The fraction of sp³-hybridized carbons (Fsp3) is 0.0476. The molecule has 0 saturated carbocycles. The molecule has 0 heterocycles. The summed E-state index contributed by atoms with van der Waals surface area (Å²) in [6.07, 6.45) is 0. The highest BCUT2D eigenvalue weighted by Gasteiger charge is 2.21. The van der Waals surface area contributed by atoms with Gasteiger partial charge in [-0.25, -0.2) is 18.4 Å². The van der Waals surface area contributed by atoms with Crippen LogP contribution in [0.25, 0.3) is 0 Å². The van der Waals surface area contributed by atoms with Gasteiger partial charge in [-0.3, -0.25) is 0 Å². The summed E-state index contributed by atoms with van der Waals surface area (Å²) in [5, 5.41) is 0. The minimum absolute atomic E-state index is 0.0471. The standard InChI is InChI=1S/C21H14F2O4/c1-13-6-4-7-14(12-13)20(24)26-17-10-2-3-11-18(17)27-21(25)19-15(22)8-5-9-16(19)23/h2-12H,1H3. The van der Waals surface area contributed by atoms with Crippen molar-refractivity contribution in [1.82, 2.24) is 0 Å². The molecule has 0 aliphatic rings. The number of hydrogen-bond acceptors (Lipinski definition) is 4. The van der Waals surface area contributed by atoms with Crippen molar-refractivity contribution in [3.8, 4) is 11.5 Å². The number of ether oxygens (including phenoxy) is 2. The Morgan fingerprint density at radius 1 is 0.741 bits per heavy atom. The fourth-order valence-corrected chi connectivity index (χ4v) is 2.39. The van der Waals surface area contributed by atoms with Crippen LogP contribution in [-0.4, -0.2) is 11.9 Å². The minimum atomic E-state index is -1.23. The van der Waals surface area contributed by atoms with E-state index in [1.807, 2.05) is 13.0 Å². The highest BCUT2D eigenvalue weighted by atomic mass is 19.1. The number of esters is 2. The summed E-state index contributed by atoms with van der Waals surface area (Å²) >= 11 is 0. The first-order valence-corrected chi connectivity index (χ1v) is 8.00. The molecule has 3 rings (SSSR count). The van der Waals surface area contributed by atoms with Crippen LogP contribution in [0.1, 0.15) is 26.3 Å². The summed E-state index contributed by atoms with van der Waals surface area (Å²) in [4.78, 5) is 24.5. The third-order valence-corrected chi connectivity index (χ3v) is 3.68. The number of halogens is 2. The lowest BCUT2D eigenvalue weighted by Crippen LogP contribution is -2.15. The molecule has 0 unspecified atom stereocenters. The molecular formula is C21H14F2O4. The topological polar surface area (TPSA) is 52.6 Å². The molecule has 3 aromatic carbocycles. The molecule has 136 valence electrons. The van der Waals surface area contributed by atoms with E-state index in [1.54, 1.807) is 24.3 Å². The van der Waals surface area contributed by atoms with Gasteiger partial charge in [0, 0.05) is 0 Å². The number of para-hydroxylation sites is 2. The monoisotopic (exact) mass is 368 g/mol. The maximum atomic E-state index is 13.7.